The lowest BCUT2D eigenvalue weighted by molar-refractivity contribution is -0.127. The number of aromatic carboxylic acids is 1. The van der Waals surface area contributed by atoms with Gasteiger partial charge in [-0.05, 0) is 23.6 Å². The van der Waals surface area contributed by atoms with Gasteiger partial charge in [0, 0.05) is 12.8 Å². The molecule has 6 heteroatoms. The first-order chi connectivity index (χ1) is 9.79. The van der Waals surface area contributed by atoms with Gasteiger partial charge >= 0.3 is 5.97 Å². The van der Waals surface area contributed by atoms with Crippen LogP contribution in [0.3, 0.4) is 0 Å². The average Bonchev–Trinajstić information content (AvgIpc) is 2.37. The monoisotopic (exact) mass is 292 g/mol. The van der Waals surface area contributed by atoms with Crippen LogP contribution in [-0.4, -0.2) is 28.9 Å². The van der Waals surface area contributed by atoms with Crippen molar-refractivity contribution in [2.75, 3.05) is 0 Å². The third kappa shape index (κ3) is 5.64. The van der Waals surface area contributed by atoms with Crippen molar-refractivity contribution in [3.63, 3.8) is 0 Å². The van der Waals surface area contributed by atoms with E-state index in [-0.39, 0.29) is 23.8 Å². The molecule has 0 aromatic heterocycles. The molecule has 0 heterocycles. The Balaban J connectivity index is 2.72. The number of carbonyl (C=O) groups excluding carboxylic acids is 2. The van der Waals surface area contributed by atoms with Crippen molar-refractivity contribution >= 4 is 17.8 Å². The van der Waals surface area contributed by atoms with Crippen molar-refractivity contribution in [2.24, 2.45) is 11.7 Å². The summed E-state index contributed by atoms with van der Waals surface area (Å²) in [6, 6.07) is 5.31. The predicted molar refractivity (Wildman–Crippen MR) is 77.7 cm³/mol. The summed E-state index contributed by atoms with van der Waals surface area (Å²) < 4.78 is 0. The highest BCUT2D eigenvalue weighted by atomic mass is 16.4. The Morgan fingerprint density at radius 3 is 2.19 bits per heavy atom. The van der Waals surface area contributed by atoms with E-state index in [1.807, 2.05) is 13.8 Å². The van der Waals surface area contributed by atoms with E-state index in [0.717, 1.165) is 5.56 Å². The van der Waals surface area contributed by atoms with Crippen molar-refractivity contribution in [1.82, 2.24) is 5.32 Å². The number of primary amides is 1. The van der Waals surface area contributed by atoms with Crippen molar-refractivity contribution in [3.8, 4) is 0 Å². The molecule has 2 amide bonds. The van der Waals surface area contributed by atoms with E-state index in [2.05, 4.69) is 5.32 Å². The number of rotatable bonds is 7. The normalized spacial score (nSPS) is 12.0. The molecule has 0 aliphatic carbocycles. The first kappa shape index (κ1) is 16.7. The van der Waals surface area contributed by atoms with Gasteiger partial charge in [-0.1, -0.05) is 26.0 Å². The molecule has 1 aromatic rings. The van der Waals surface area contributed by atoms with Gasteiger partial charge in [-0.15, -0.1) is 0 Å². The fraction of sp³-hybridized carbons (Fsp3) is 0.400. The Hall–Kier alpha value is -2.37. The Kier molecular flexibility index (Phi) is 5.90. The maximum atomic E-state index is 11.7. The second-order valence-corrected chi connectivity index (χ2v) is 5.33. The van der Waals surface area contributed by atoms with Gasteiger partial charge in [0.25, 0.3) is 0 Å². The summed E-state index contributed by atoms with van der Waals surface area (Å²) in [7, 11) is 0. The summed E-state index contributed by atoms with van der Waals surface area (Å²) in [6.07, 6.45) is 0.556. The Labute approximate surface area is 123 Å². The number of carboxylic acids is 1. The molecule has 21 heavy (non-hydrogen) atoms. The highest BCUT2D eigenvalue weighted by Gasteiger charge is 2.19. The van der Waals surface area contributed by atoms with E-state index in [4.69, 9.17) is 10.8 Å². The minimum atomic E-state index is -1.02. The van der Waals surface area contributed by atoms with Crippen LogP contribution in [0.15, 0.2) is 24.3 Å². The first-order valence-electron chi connectivity index (χ1n) is 6.70. The zero-order chi connectivity index (χ0) is 16.0. The topological polar surface area (TPSA) is 109 Å². The molecule has 1 atom stereocenters. The van der Waals surface area contributed by atoms with Crippen LogP contribution in [0.2, 0.25) is 0 Å². The van der Waals surface area contributed by atoms with E-state index in [9.17, 15) is 14.4 Å². The number of carboxylic acid groups (broad SMARTS) is 1. The number of carbonyl (C=O) groups is 3. The van der Waals surface area contributed by atoms with Crippen LogP contribution in [-0.2, 0) is 16.0 Å². The molecular formula is C15H20N2O4. The van der Waals surface area contributed by atoms with E-state index in [1.54, 1.807) is 12.1 Å². The van der Waals surface area contributed by atoms with Crippen LogP contribution >= 0.6 is 0 Å². The number of hydrogen-bond acceptors (Lipinski definition) is 3. The molecule has 0 saturated carbocycles. The summed E-state index contributed by atoms with van der Waals surface area (Å²) in [5, 5.41) is 11.4. The van der Waals surface area contributed by atoms with E-state index >= 15 is 0 Å². The summed E-state index contributed by atoms with van der Waals surface area (Å²) in [6.45, 7) is 3.81. The molecule has 0 radical (unpaired) electrons. The van der Waals surface area contributed by atoms with E-state index in [0.29, 0.717) is 6.42 Å². The van der Waals surface area contributed by atoms with Gasteiger partial charge in [0.1, 0.15) is 6.04 Å². The van der Waals surface area contributed by atoms with Crippen LogP contribution in [0.4, 0.5) is 0 Å². The number of amides is 2. The number of nitrogens with one attached hydrogen (secondary N) is 1. The van der Waals surface area contributed by atoms with Crippen LogP contribution in [0.25, 0.3) is 0 Å². The second-order valence-electron chi connectivity index (χ2n) is 5.33. The average molecular weight is 292 g/mol. The van der Waals surface area contributed by atoms with Crippen LogP contribution in [0, 0.1) is 5.92 Å². The van der Waals surface area contributed by atoms with E-state index in [1.165, 1.54) is 12.1 Å². The fourth-order valence-electron chi connectivity index (χ4n) is 1.87. The molecular weight excluding hydrogens is 272 g/mol. The Bertz CT molecular complexity index is 523. The molecule has 0 unspecified atom stereocenters. The zero-order valence-electron chi connectivity index (χ0n) is 12.1. The Morgan fingerprint density at radius 2 is 1.76 bits per heavy atom. The van der Waals surface area contributed by atoms with Crippen molar-refractivity contribution in [2.45, 2.75) is 32.7 Å². The van der Waals surface area contributed by atoms with Gasteiger partial charge in [0.05, 0.1) is 5.56 Å². The van der Waals surface area contributed by atoms with Gasteiger partial charge in [0.15, 0.2) is 0 Å². The molecule has 1 rings (SSSR count). The lowest BCUT2D eigenvalue weighted by Crippen LogP contribution is -2.46. The fourth-order valence-corrected chi connectivity index (χ4v) is 1.87. The number of nitrogens with two attached hydrogens (primary N) is 1. The molecule has 0 bridgehead atoms. The summed E-state index contributed by atoms with van der Waals surface area (Å²) in [5.74, 6) is -1.67. The minimum Gasteiger partial charge on any atom is -0.478 e. The molecule has 0 saturated heterocycles. The van der Waals surface area contributed by atoms with E-state index < -0.39 is 17.9 Å². The maximum Gasteiger partial charge on any atom is 0.335 e. The molecule has 0 aliphatic heterocycles. The second kappa shape index (κ2) is 7.42. The van der Waals surface area contributed by atoms with Crippen molar-refractivity contribution in [3.05, 3.63) is 35.4 Å². The Morgan fingerprint density at radius 1 is 1.19 bits per heavy atom. The zero-order valence-corrected chi connectivity index (χ0v) is 12.1. The smallest absolute Gasteiger partial charge is 0.335 e. The number of benzene rings is 1. The van der Waals surface area contributed by atoms with Crippen LogP contribution in [0.5, 0.6) is 0 Å². The maximum absolute atomic E-state index is 11.7. The van der Waals surface area contributed by atoms with Gasteiger partial charge in [-0.25, -0.2) is 4.79 Å². The first-order valence-corrected chi connectivity index (χ1v) is 6.70. The highest BCUT2D eigenvalue weighted by Crippen LogP contribution is 2.08. The third-order valence-corrected chi connectivity index (χ3v) is 2.91. The lowest BCUT2D eigenvalue weighted by Gasteiger charge is -2.16. The van der Waals surface area contributed by atoms with Gasteiger partial charge in [-0.2, -0.15) is 0 Å². The van der Waals surface area contributed by atoms with Crippen LogP contribution in [0.1, 0.15) is 36.2 Å². The standard InChI is InChI=1S/C15H20N2O4/c1-9(2)7-13(18)17-12(14(16)19)8-10-3-5-11(6-4-10)15(20)21/h3-6,9,12H,7-8H2,1-2H3,(H2,16,19)(H,17,18)(H,20,21)/t12-/m0/s1. The molecule has 4 N–H and O–H groups in total. The summed E-state index contributed by atoms with van der Waals surface area (Å²) in [5.41, 5.74) is 6.19. The summed E-state index contributed by atoms with van der Waals surface area (Å²) >= 11 is 0. The van der Waals surface area contributed by atoms with Gasteiger partial charge < -0.3 is 16.2 Å². The molecule has 0 spiro atoms. The number of hydrogen-bond donors (Lipinski definition) is 3. The largest absolute Gasteiger partial charge is 0.478 e. The predicted octanol–water partition coefficient (Wildman–Crippen LogP) is 0.944. The van der Waals surface area contributed by atoms with Crippen molar-refractivity contribution < 1.29 is 19.5 Å². The van der Waals surface area contributed by atoms with Crippen molar-refractivity contribution in [1.29, 1.82) is 0 Å². The SMILES string of the molecule is CC(C)CC(=O)N[C@@H](Cc1ccc(C(=O)O)cc1)C(N)=O. The quantitative estimate of drug-likeness (QED) is 0.694. The molecule has 6 nitrogen and oxygen atoms in total. The van der Waals surface area contributed by atoms with Gasteiger partial charge in [0.2, 0.25) is 11.8 Å². The molecule has 0 aliphatic rings. The van der Waals surface area contributed by atoms with Crippen LogP contribution < -0.4 is 11.1 Å². The minimum absolute atomic E-state index is 0.165. The lowest BCUT2D eigenvalue weighted by atomic mass is 10.0. The summed E-state index contributed by atoms with van der Waals surface area (Å²) in [4.78, 5) is 33.9. The third-order valence-electron chi connectivity index (χ3n) is 2.91. The molecule has 114 valence electrons. The molecule has 0 fully saturated rings. The van der Waals surface area contributed by atoms with Gasteiger partial charge in [-0.3, -0.25) is 9.59 Å². The highest BCUT2D eigenvalue weighted by molar-refractivity contribution is 5.88. The molecule has 1 aromatic carbocycles.